The second kappa shape index (κ2) is 9.37. The van der Waals surface area contributed by atoms with Crippen molar-refractivity contribution < 1.29 is 4.52 Å². The number of nitrogens with zero attached hydrogens (tertiary/aromatic N) is 2. The molecule has 0 atom stereocenters. The zero-order valence-electron chi connectivity index (χ0n) is 10.5. The maximum absolute atomic E-state index is 4.69. The summed E-state index contributed by atoms with van der Waals surface area (Å²) >= 11 is 0. The number of aromatic nitrogens is 2. The first kappa shape index (κ1) is 13.2. The predicted octanol–water partition coefficient (Wildman–Crippen LogP) is 4.14. The lowest BCUT2D eigenvalue weighted by Crippen LogP contribution is -1.88. The highest BCUT2D eigenvalue weighted by atomic mass is 16.5. The molecule has 0 amide bonds. The summed E-state index contributed by atoms with van der Waals surface area (Å²) < 4.78 is 4.69. The topological polar surface area (TPSA) is 38.9 Å². The van der Waals surface area contributed by atoms with Gasteiger partial charge in [-0.15, -0.1) is 0 Å². The van der Waals surface area contributed by atoms with Gasteiger partial charge in [-0.2, -0.15) is 4.98 Å². The van der Waals surface area contributed by atoms with E-state index in [1.165, 1.54) is 64.2 Å². The zero-order chi connectivity index (χ0) is 11.5. The fraction of sp³-hybridized carbons (Fsp3) is 0.846. The Hall–Kier alpha value is -0.860. The van der Waals surface area contributed by atoms with Crippen LogP contribution in [-0.4, -0.2) is 10.1 Å². The molecule has 0 aliphatic carbocycles. The van der Waals surface area contributed by atoms with E-state index in [1.807, 2.05) is 0 Å². The molecular formula is C13H24N2O. The molecule has 0 spiro atoms. The Morgan fingerprint density at radius 1 is 0.938 bits per heavy atom. The van der Waals surface area contributed by atoms with Gasteiger partial charge < -0.3 is 4.52 Å². The van der Waals surface area contributed by atoms with Crippen LogP contribution in [0.3, 0.4) is 0 Å². The van der Waals surface area contributed by atoms with Gasteiger partial charge in [0.25, 0.3) is 0 Å². The molecule has 0 unspecified atom stereocenters. The van der Waals surface area contributed by atoms with E-state index in [4.69, 9.17) is 0 Å². The quantitative estimate of drug-likeness (QED) is 0.560. The second-order valence-electron chi connectivity index (χ2n) is 4.43. The molecule has 0 saturated carbocycles. The minimum Gasteiger partial charge on any atom is -0.343 e. The van der Waals surface area contributed by atoms with Crippen molar-refractivity contribution in [3.05, 3.63) is 12.2 Å². The molecule has 1 aromatic rings. The van der Waals surface area contributed by atoms with E-state index in [2.05, 4.69) is 21.6 Å². The van der Waals surface area contributed by atoms with E-state index in [9.17, 15) is 0 Å². The van der Waals surface area contributed by atoms with Crippen molar-refractivity contribution in [2.45, 2.75) is 71.1 Å². The largest absolute Gasteiger partial charge is 0.343 e. The van der Waals surface area contributed by atoms with Crippen molar-refractivity contribution in [1.29, 1.82) is 0 Å². The monoisotopic (exact) mass is 224 g/mol. The fourth-order valence-electron chi connectivity index (χ4n) is 1.90. The molecule has 1 rings (SSSR count). The summed E-state index contributed by atoms with van der Waals surface area (Å²) in [6.45, 7) is 2.26. The highest BCUT2D eigenvalue weighted by molar-refractivity contribution is 4.76. The molecule has 1 aromatic heterocycles. The number of hydrogen-bond donors (Lipinski definition) is 0. The maximum atomic E-state index is 4.69. The first-order valence-corrected chi connectivity index (χ1v) is 6.68. The molecule has 92 valence electrons. The van der Waals surface area contributed by atoms with Gasteiger partial charge in [-0.3, -0.25) is 0 Å². The van der Waals surface area contributed by atoms with Crippen molar-refractivity contribution in [2.24, 2.45) is 0 Å². The molecule has 16 heavy (non-hydrogen) atoms. The van der Waals surface area contributed by atoms with Gasteiger partial charge in [0.15, 0.2) is 5.82 Å². The van der Waals surface area contributed by atoms with E-state index in [0.29, 0.717) is 0 Å². The summed E-state index contributed by atoms with van der Waals surface area (Å²) in [5, 5.41) is 3.80. The van der Waals surface area contributed by atoms with Crippen molar-refractivity contribution in [1.82, 2.24) is 10.1 Å². The van der Waals surface area contributed by atoms with Crippen molar-refractivity contribution in [3.8, 4) is 0 Å². The lowest BCUT2D eigenvalue weighted by atomic mass is 10.1. The molecule has 0 aromatic carbocycles. The normalized spacial score (nSPS) is 10.8. The SMILES string of the molecule is CCCCCCCCCCCc1ncon1. The first-order valence-electron chi connectivity index (χ1n) is 6.68. The minimum atomic E-state index is 0.850. The van der Waals surface area contributed by atoms with Crippen LogP contribution in [0.2, 0.25) is 0 Å². The average Bonchev–Trinajstić information content (AvgIpc) is 2.80. The summed E-state index contributed by atoms with van der Waals surface area (Å²) in [4.78, 5) is 4.01. The average molecular weight is 224 g/mol. The lowest BCUT2D eigenvalue weighted by molar-refractivity contribution is 0.408. The van der Waals surface area contributed by atoms with Gasteiger partial charge in [0, 0.05) is 6.42 Å². The Morgan fingerprint density at radius 2 is 1.56 bits per heavy atom. The third-order valence-electron chi connectivity index (χ3n) is 2.91. The van der Waals surface area contributed by atoms with Crippen molar-refractivity contribution in [3.63, 3.8) is 0 Å². The number of hydrogen-bond acceptors (Lipinski definition) is 3. The summed E-state index contributed by atoms with van der Waals surface area (Å²) in [5.74, 6) is 0.850. The standard InChI is InChI=1S/C13H24N2O/c1-2-3-4-5-6-7-8-9-10-11-13-14-12-16-15-13/h12H,2-11H2,1H3. The van der Waals surface area contributed by atoms with Crippen molar-refractivity contribution in [2.75, 3.05) is 0 Å². The Balaban J connectivity index is 1.78. The van der Waals surface area contributed by atoms with Gasteiger partial charge in [-0.1, -0.05) is 63.4 Å². The third-order valence-corrected chi connectivity index (χ3v) is 2.91. The highest BCUT2D eigenvalue weighted by Gasteiger charge is 1.97. The summed E-state index contributed by atoms with van der Waals surface area (Å²) in [5.41, 5.74) is 0. The van der Waals surface area contributed by atoms with Crippen LogP contribution in [0.5, 0.6) is 0 Å². The first-order chi connectivity index (χ1) is 7.93. The van der Waals surface area contributed by atoms with Crippen LogP contribution in [0.1, 0.15) is 70.5 Å². The van der Waals surface area contributed by atoms with Crippen LogP contribution in [0, 0.1) is 0 Å². The van der Waals surface area contributed by atoms with Gasteiger partial charge in [-0.25, -0.2) is 0 Å². The van der Waals surface area contributed by atoms with Crippen LogP contribution >= 0.6 is 0 Å². The summed E-state index contributed by atoms with van der Waals surface area (Å²) in [6, 6.07) is 0. The molecule has 0 radical (unpaired) electrons. The van der Waals surface area contributed by atoms with Crippen LogP contribution < -0.4 is 0 Å². The van der Waals surface area contributed by atoms with E-state index in [-0.39, 0.29) is 0 Å². The van der Waals surface area contributed by atoms with Gasteiger partial charge in [0.1, 0.15) is 0 Å². The molecule has 0 saturated heterocycles. The lowest BCUT2D eigenvalue weighted by Gasteiger charge is -2.00. The van der Waals surface area contributed by atoms with Crippen LogP contribution in [0.4, 0.5) is 0 Å². The second-order valence-corrected chi connectivity index (χ2v) is 4.43. The summed E-state index contributed by atoms with van der Waals surface area (Å²) in [6.07, 6.45) is 14.6. The third kappa shape index (κ3) is 6.59. The predicted molar refractivity (Wildman–Crippen MR) is 65.2 cm³/mol. The Bertz CT molecular complexity index is 234. The number of aryl methyl sites for hydroxylation is 1. The molecule has 3 heteroatoms. The Labute approximate surface area is 98.6 Å². The molecule has 0 fully saturated rings. The van der Waals surface area contributed by atoms with Gasteiger partial charge in [0.2, 0.25) is 6.39 Å². The highest BCUT2D eigenvalue weighted by Crippen LogP contribution is 2.10. The Morgan fingerprint density at radius 3 is 2.12 bits per heavy atom. The van der Waals surface area contributed by atoms with Gasteiger partial charge in [-0.05, 0) is 6.42 Å². The number of rotatable bonds is 10. The molecule has 1 heterocycles. The van der Waals surface area contributed by atoms with Gasteiger partial charge >= 0.3 is 0 Å². The molecular weight excluding hydrogens is 200 g/mol. The van der Waals surface area contributed by atoms with E-state index in [1.54, 1.807) is 0 Å². The van der Waals surface area contributed by atoms with Crippen LogP contribution in [-0.2, 0) is 6.42 Å². The summed E-state index contributed by atoms with van der Waals surface area (Å²) in [7, 11) is 0. The van der Waals surface area contributed by atoms with E-state index >= 15 is 0 Å². The zero-order valence-corrected chi connectivity index (χ0v) is 10.5. The number of unbranched alkanes of at least 4 members (excludes halogenated alkanes) is 8. The Kier molecular flexibility index (Phi) is 7.74. The van der Waals surface area contributed by atoms with E-state index < -0.39 is 0 Å². The molecule has 0 aliphatic heterocycles. The smallest absolute Gasteiger partial charge is 0.213 e. The van der Waals surface area contributed by atoms with Crippen LogP contribution in [0.25, 0.3) is 0 Å². The van der Waals surface area contributed by atoms with Crippen LogP contribution in [0.15, 0.2) is 10.9 Å². The fourth-order valence-corrected chi connectivity index (χ4v) is 1.90. The van der Waals surface area contributed by atoms with E-state index in [0.717, 1.165) is 12.2 Å². The molecule has 0 aliphatic rings. The minimum absolute atomic E-state index is 0.850. The molecule has 0 bridgehead atoms. The van der Waals surface area contributed by atoms with Gasteiger partial charge in [0.05, 0.1) is 0 Å². The molecule has 0 N–H and O–H groups in total. The molecule has 3 nitrogen and oxygen atoms in total. The van der Waals surface area contributed by atoms with Crippen molar-refractivity contribution >= 4 is 0 Å². The maximum Gasteiger partial charge on any atom is 0.213 e.